The zero-order valence-corrected chi connectivity index (χ0v) is 12.3. The molecule has 1 heterocycles. The molecule has 2 atom stereocenters. The van der Waals surface area contributed by atoms with Crippen LogP contribution in [0.1, 0.15) is 38.7 Å². The van der Waals surface area contributed by atoms with E-state index in [0.29, 0.717) is 0 Å². The molecule has 0 radical (unpaired) electrons. The van der Waals surface area contributed by atoms with E-state index in [1.54, 1.807) is 0 Å². The maximum absolute atomic E-state index is 9.84. The molecule has 2 nitrogen and oxygen atoms in total. The number of rotatable bonds is 6. The normalized spacial score (nSPS) is 23.4. The molecule has 2 rings (SSSR count). The van der Waals surface area contributed by atoms with Crippen molar-refractivity contribution < 1.29 is 5.11 Å². The smallest absolute Gasteiger partial charge is 0.0537 e. The maximum Gasteiger partial charge on any atom is 0.0537 e. The Kier molecular flexibility index (Phi) is 5.00. The van der Waals surface area contributed by atoms with Gasteiger partial charge in [-0.25, -0.2) is 0 Å². The van der Waals surface area contributed by atoms with Gasteiger partial charge < -0.3 is 10.0 Å². The van der Waals surface area contributed by atoms with Gasteiger partial charge in [-0.05, 0) is 30.9 Å². The van der Waals surface area contributed by atoms with Gasteiger partial charge in [-0.1, -0.05) is 50.6 Å². The first-order chi connectivity index (χ1) is 9.18. The van der Waals surface area contributed by atoms with Crippen LogP contribution in [0.3, 0.4) is 0 Å². The third-order valence-corrected chi connectivity index (χ3v) is 4.46. The van der Waals surface area contributed by atoms with E-state index in [9.17, 15) is 5.11 Å². The molecular weight excluding hydrogens is 234 g/mol. The fourth-order valence-corrected chi connectivity index (χ4v) is 3.27. The molecule has 1 saturated heterocycles. The predicted molar refractivity (Wildman–Crippen MR) is 80.3 cm³/mol. The Morgan fingerprint density at radius 3 is 2.68 bits per heavy atom. The fourth-order valence-electron chi connectivity index (χ4n) is 3.27. The van der Waals surface area contributed by atoms with Gasteiger partial charge in [0, 0.05) is 18.5 Å². The number of aliphatic hydroxyl groups excluding tert-OH is 1. The lowest BCUT2D eigenvalue weighted by Gasteiger charge is -2.32. The van der Waals surface area contributed by atoms with Crippen molar-refractivity contribution in [1.82, 2.24) is 4.90 Å². The van der Waals surface area contributed by atoms with Crippen molar-refractivity contribution in [3.05, 3.63) is 35.9 Å². The van der Waals surface area contributed by atoms with E-state index in [1.165, 1.54) is 37.9 Å². The molecule has 2 unspecified atom stereocenters. The lowest BCUT2D eigenvalue weighted by molar-refractivity contribution is 0.156. The Morgan fingerprint density at radius 1 is 1.32 bits per heavy atom. The van der Waals surface area contributed by atoms with Gasteiger partial charge >= 0.3 is 0 Å². The summed E-state index contributed by atoms with van der Waals surface area (Å²) >= 11 is 0. The van der Waals surface area contributed by atoms with Crippen molar-refractivity contribution in [3.63, 3.8) is 0 Å². The summed E-state index contributed by atoms with van der Waals surface area (Å²) in [4.78, 5) is 2.53. The van der Waals surface area contributed by atoms with Gasteiger partial charge in [0.05, 0.1) is 6.61 Å². The summed E-state index contributed by atoms with van der Waals surface area (Å²) in [7, 11) is 0. The summed E-state index contributed by atoms with van der Waals surface area (Å²) < 4.78 is 0. The van der Waals surface area contributed by atoms with Crippen LogP contribution in [0, 0.1) is 5.92 Å². The molecule has 0 amide bonds. The zero-order valence-electron chi connectivity index (χ0n) is 12.3. The van der Waals surface area contributed by atoms with Crippen LogP contribution in [0.5, 0.6) is 0 Å². The second-order valence-electron chi connectivity index (χ2n) is 6.26. The first kappa shape index (κ1) is 14.5. The lowest BCUT2D eigenvalue weighted by Crippen LogP contribution is -2.40. The van der Waals surface area contributed by atoms with Gasteiger partial charge in [-0.3, -0.25) is 0 Å². The molecule has 106 valence electrons. The van der Waals surface area contributed by atoms with Gasteiger partial charge in [0.2, 0.25) is 0 Å². The Morgan fingerprint density at radius 2 is 2.05 bits per heavy atom. The molecule has 1 aromatic rings. The van der Waals surface area contributed by atoms with Gasteiger partial charge in [0.15, 0.2) is 0 Å². The third kappa shape index (κ3) is 3.58. The first-order valence-corrected chi connectivity index (χ1v) is 7.56. The highest BCUT2D eigenvalue weighted by molar-refractivity contribution is 5.25. The van der Waals surface area contributed by atoms with E-state index in [0.717, 1.165) is 12.5 Å². The average molecular weight is 261 g/mol. The summed E-state index contributed by atoms with van der Waals surface area (Å²) in [5.41, 5.74) is 1.11. The highest BCUT2D eigenvalue weighted by Crippen LogP contribution is 2.28. The average Bonchev–Trinajstić information content (AvgIpc) is 2.87. The van der Waals surface area contributed by atoms with Crippen molar-refractivity contribution in [1.29, 1.82) is 0 Å². The zero-order chi connectivity index (χ0) is 13.7. The van der Waals surface area contributed by atoms with E-state index in [4.69, 9.17) is 0 Å². The molecule has 1 aliphatic heterocycles. The Balaban J connectivity index is 2.00. The summed E-state index contributed by atoms with van der Waals surface area (Å²) in [6.45, 7) is 8.02. The van der Waals surface area contributed by atoms with E-state index in [2.05, 4.69) is 43.0 Å². The predicted octanol–water partition coefficient (Wildman–Crippen LogP) is 3.06. The Hall–Kier alpha value is -0.860. The standard InChI is InChI=1S/C17H27NO/c1-3-7-15-10-11-18(12-15)13-17(2,14-19)16-8-5-4-6-9-16/h4-6,8-9,15,19H,3,7,10-14H2,1-2H3. The van der Waals surface area contributed by atoms with Crippen molar-refractivity contribution in [2.45, 2.75) is 38.5 Å². The second kappa shape index (κ2) is 6.53. The molecule has 0 bridgehead atoms. The Labute approximate surface area is 117 Å². The van der Waals surface area contributed by atoms with Crippen molar-refractivity contribution >= 4 is 0 Å². The quantitative estimate of drug-likeness (QED) is 0.850. The van der Waals surface area contributed by atoms with Crippen molar-refractivity contribution in [3.8, 4) is 0 Å². The molecule has 0 aliphatic carbocycles. The van der Waals surface area contributed by atoms with Crippen LogP contribution in [0.2, 0.25) is 0 Å². The molecule has 19 heavy (non-hydrogen) atoms. The molecule has 2 heteroatoms. The topological polar surface area (TPSA) is 23.5 Å². The fraction of sp³-hybridized carbons (Fsp3) is 0.647. The van der Waals surface area contributed by atoms with Crippen LogP contribution in [0.25, 0.3) is 0 Å². The van der Waals surface area contributed by atoms with E-state index in [1.807, 2.05) is 6.07 Å². The first-order valence-electron chi connectivity index (χ1n) is 7.56. The van der Waals surface area contributed by atoms with E-state index >= 15 is 0 Å². The van der Waals surface area contributed by atoms with Gasteiger partial charge in [0.1, 0.15) is 0 Å². The van der Waals surface area contributed by atoms with Crippen LogP contribution in [-0.4, -0.2) is 36.2 Å². The summed E-state index contributed by atoms with van der Waals surface area (Å²) in [5, 5.41) is 9.84. The number of hydrogen-bond acceptors (Lipinski definition) is 2. The van der Waals surface area contributed by atoms with Gasteiger partial charge in [-0.15, -0.1) is 0 Å². The molecular formula is C17H27NO. The molecule has 1 aliphatic rings. The minimum atomic E-state index is -0.137. The summed E-state index contributed by atoms with van der Waals surface area (Å²) in [5.74, 6) is 0.865. The van der Waals surface area contributed by atoms with Crippen LogP contribution in [0.4, 0.5) is 0 Å². The number of nitrogens with zero attached hydrogens (tertiary/aromatic N) is 1. The van der Waals surface area contributed by atoms with Gasteiger partial charge in [-0.2, -0.15) is 0 Å². The van der Waals surface area contributed by atoms with Crippen LogP contribution < -0.4 is 0 Å². The van der Waals surface area contributed by atoms with Crippen molar-refractivity contribution in [2.75, 3.05) is 26.2 Å². The molecule has 0 spiro atoms. The maximum atomic E-state index is 9.84. The SMILES string of the molecule is CCCC1CCN(CC(C)(CO)c2ccccc2)C1. The molecule has 0 saturated carbocycles. The minimum Gasteiger partial charge on any atom is -0.395 e. The Bertz CT molecular complexity index is 378. The highest BCUT2D eigenvalue weighted by Gasteiger charge is 2.31. The third-order valence-electron chi connectivity index (χ3n) is 4.46. The second-order valence-corrected chi connectivity index (χ2v) is 6.26. The van der Waals surface area contributed by atoms with Crippen LogP contribution >= 0.6 is 0 Å². The minimum absolute atomic E-state index is 0.137. The molecule has 1 aromatic carbocycles. The monoisotopic (exact) mass is 261 g/mol. The van der Waals surface area contributed by atoms with Crippen molar-refractivity contribution in [2.24, 2.45) is 5.92 Å². The van der Waals surface area contributed by atoms with E-state index in [-0.39, 0.29) is 12.0 Å². The lowest BCUT2D eigenvalue weighted by atomic mass is 9.83. The largest absolute Gasteiger partial charge is 0.395 e. The number of benzene rings is 1. The molecule has 1 N–H and O–H groups in total. The highest BCUT2D eigenvalue weighted by atomic mass is 16.3. The summed E-state index contributed by atoms with van der Waals surface area (Å²) in [6.07, 6.45) is 3.95. The number of likely N-dealkylation sites (tertiary alicyclic amines) is 1. The number of aliphatic hydroxyl groups is 1. The molecule has 1 fully saturated rings. The summed E-state index contributed by atoms with van der Waals surface area (Å²) in [6, 6.07) is 10.4. The van der Waals surface area contributed by atoms with Crippen LogP contribution in [0.15, 0.2) is 30.3 Å². The molecule has 0 aromatic heterocycles. The van der Waals surface area contributed by atoms with E-state index < -0.39 is 0 Å². The van der Waals surface area contributed by atoms with Crippen LogP contribution in [-0.2, 0) is 5.41 Å². The number of hydrogen-bond donors (Lipinski definition) is 1. The van der Waals surface area contributed by atoms with Gasteiger partial charge in [0.25, 0.3) is 0 Å².